The molecule has 3 heterocycles. The van der Waals surface area contributed by atoms with Crippen LogP contribution in [0.3, 0.4) is 0 Å². The minimum atomic E-state index is -4.99. The van der Waals surface area contributed by atoms with E-state index in [1.54, 1.807) is 18.2 Å². The number of hydrogen-bond acceptors (Lipinski definition) is 8. The molecule has 1 atom stereocenters. The van der Waals surface area contributed by atoms with Crippen molar-refractivity contribution in [3.05, 3.63) is 57.3 Å². The summed E-state index contributed by atoms with van der Waals surface area (Å²) in [6, 6.07) is 7.42. The van der Waals surface area contributed by atoms with Crippen LogP contribution >= 0.6 is 34.5 Å². The number of thiazole rings is 1. The van der Waals surface area contributed by atoms with Crippen LogP contribution in [0.1, 0.15) is 47.4 Å². The Hall–Kier alpha value is -3.06. The van der Waals surface area contributed by atoms with E-state index >= 15 is 0 Å². The lowest BCUT2D eigenvalue weighted by Gasteiger charge is -2.39. The molecule has 2 aromatic carbocycles. The Labute approximate surface area is 246 Å². The molecule has 216 valence electrons. The van der Waals surface area contributed by atoms with Crippen LogP contribution in [-0.2, 0) is 6.54 Å². The number of ether oxygens (including phenoxy) is 1. The summed E-state index contributed by atoms with van der Waals surface area (Å²) in [4.78, 5) is 20.2. The molecule has 1 saturated heterocycles. The Morgan fingerprint density at radius 2 is 1.95 bits per heavy atom. The molecule has 2 fully saturated rings. The van der Waals surface area contributed by atoms with Gasteiger partial charge in [-0.05, 0) is 44.0 Å². The van der Waals surface area contributed by atoms with Crippen molar-refractivity contribution in [2.45, 2.75) is 44.6 Å². The van der Waals surface area contributed by atoms with Crippen molar-refractivity contribution in [2.75, 3.05) is 24.5 Å². The zero-order chi connectivity index (χ0) is 29.1. The first-order valence-electron chi connectivity index (χ1n) is 12.8. The summed E-state index contributed by atoms with van der Waals surface area (Å²) >= 11 is 14.1. The van der Waals surface area contributed by atoms with Gasteiger partial charge in [-0.2, -0.15) is 0 Å². The quantitative estimate of drug-likeness (QED) is 0.226. The molecule has 1 aliphatic heterocycles. The fraction of sp³-hybridized carbons (Fsp3) is 0.370. The Bertz CT molecular complexity index is 1620. The van der Waals surface area contributed by atoms with Crippen molar-refractivity contribution < 1.29 is 32.3 Å². The molecule has 41 heavy (non-hydrogen) atoms. The SMILES string of the molecule is CC1CN(Cc2c(-c3c(Cl)cccc3Cl)noc2C2CC2)CCN1c1nc2c(OC(F)(F)F)cc(C(=O)O)cc2s1. The van der Waals surface area contributed by atoms with Gasteiger partial charge in [-0.15, -0.1) is 13.2 Å². The van der Waals surface area contributed by atoms with Crippen LogP contribution in [0.25, 0.3) is 21.5 Å². The highest BCUT2D eigenvalue weighted by molar-refractivity contribution is 7.22. The number of aromatic carboxylic acids is 1. The number of halogens is 5. The summed E-state index contributed by atoms with van der Waals surface area (Å²) in [6.07, 6.45) is -2.92. The van der Waals surface area contributed by atoms with Gasteiger partial charge >= 0.3 is 12.3 Å². The van der Waals surface area contributed by atoms with Crippen LogP contribution in [-0.4, -0.2) is 58.2 Å². The number of fused-ring (bicyclic) bond motifs is 1. The van der Waals surface area contributed by atoms with Crippen molar-refractivity contribution in [1.29, 1.82) is 0 Å². The number of piperazine rings is 1. The standard InChI is InChI=1S/C27H23Cl2F3N4O4S/c1-13-11-35(12-16-22(34-40-24(16)14-5-6-14)21-17(28)3-2-4-18(21)29)7-8-36(13)26-33-23-19(39-27(30,31)32)9-15(25(37)38)10-20(23)41-26/h2-4,9-10,13-14H,5-8,11-12H2,1H3,(H,37,38). The first-order valence-corrected chi connectivity index (χ1v) is 14.4. The van der Waals surface area contributed by atoms with Gasteiger partial charge in [0.1, 0.15) is 17.0 Å². The van der Waals surface area contributed by atoms with Crippen LogP contribution in [0, 0.1) is 0 Å². The van der Waals surface area contributed by atoms with Crippen molar-refractivity contribution in [1.82, 2.24) is 15.0 Å². The molecule has 2 aliphatic rings. The minimum absolute atomic E-state index is 0.0261. The third kappa shape index (κ3) is 5.70. The third-order valence-electron chi connectivity index (χ3n) is 7.23. The molecule has 1 saturated carbocycles. The lowest BCUT2D eigenvalue weighted by Crippen LogP contribution is -2.51. The first-order chi connectivity index (χ1) is 19.5. The number of carboxylic acids is 1. The molecule has 0 radical (unpaired) electrons. The fourth-order valence-corrected chi connectivity index (χ4v) is 6.91. The first kappa shape index (κ1) is 28.1. The molecular weight excluding hydrogens is 604 g/mol. The third-order valence-corrected chi connectivity index (χ3v) is 8.90. The summed E-state index contributed by atoms with van der Waals surface area (Å²) in [5.74, 6) is -0.818. The summed E-state index contributed by atoms with van der Waals surface area (Å²) in [7, 11) is 0. The average Bonchev–Trinajstić information content (AvgIpc) is 3.51. The van der Waals surface area contributed by atoms with Gasteiger partial charge in [-0.25, -0.2) is 9.78 Å². The molecule has 1 aliphatic carbocycles. The number of anilines is 1. The topological polar surface area (TPSA) is 91.9 Å². The van der Waals surface area contributed by atoms with E-state index < -0.39 is 18.1 Å². The highest BCUT2D eigenvalue weighted by Gasteiger charge is 2.36. The maximum Gasteiger partial charge on any atom is 0.573 e. The number of hydrogen-bond donors (Lipinski definition) is 1. The highest BCUT2D eigenvalue weighted by atomic mass is 35.5. The molecule has 0 amide bonds. The van der Waals surface area contributed by atoms with E-state index in [0.29, 0.717) is 63.2 Å². The van der Waals surface area contributed by atoms with Gasteiger partial charge in [0.15, 0.2) is 10.9 Å². The highest BCUT2D eigenvalue weighted by Crippen LogP contribution is 2.46. The Balaban J connectivity index is 1.25. The minimum Gasteiger partial charge on any atom is -0.478 e. The predicted octanol–water partition coefficient (Wildman–Crippen LogP) is 7.44. The summed E-state index contributed by atoms with van der Waals surface area (Å²) in [6.45, 7) is 4.39. The van der Waals surface area contributed by atoms with E-state index in [0.717, 1.165) is 41.6 Å². The van der Waals surface area contributed by atoms with Gasteiger partial charge in [0.2, 0.25) is 0 Å². The lowest BCUT2D eigenvalue weighted by atomic mass is 10.0. The Kier molecular flexibility index (Phi) is 7.29. The van der Waals surface area contributed by atoms with Gasteiger partial charge in [-0.1, -0.05) is 45.8 Å². The van der Waals surface area contributed by atoms with Crippen LogP contribution in [0.15, 0.2) is 34.9 Å². The smallest absolute Gasteiger partial charge is 0.478 e. The van der Waals surface area contributed by atoms with Crippen LogP contribution in [0.2, 0.25) is 10.0 Å². The number of alkyl halides is 3. The van der Waals surface area contributed by atoms with E-state index in [9.17, 15) is 23.1 Å². The molecule has 4 aromatic rings. The van der Waals surface area contributed by atoms with Crippen LogP contribution < -0.4 is 9.64 Å². The van der Waals surface area contributed by atoms with Gasteiger partial charge in [-0.3, -0.25) is 4.90 Å². The fourth-order valence-electron chi connectivity index (χ4n) is 5.18. The molecular formula is C27H23Cl2F3N4O4S. The van der Waals surface area contributed by atoms with Gasteiger partial charge in [0, 0.05) is 49.3 Å². The lowest BCUT2D eigenvalue weighted by molar-refractivity contribution is -0.274. The second-order valence-corrected chi connectivity index (χ2v) is 12.0. The summed E-state index contributed by atoms with van der Waals surface area (Å²) < 4.78 is 49.4. The normalized spacial score (nSPS) is 18.3. The largest absolute Gasteiger partial charge is 0.573 e. The average molecular weight is 627 g/mol. The molecule has 8 nitrogen and oxygen atoms in total. The zero-order valence-corrected chi connectivity index (χ0v) is 23.9. The maximum atomic E-state index is 13.1. The number of rotatable bonds is 7. The monoisotopic (exact) mass is 626 g/mol. The number of nitrogens with zero attached hydrogens (tertiary/aromatic N) is 4. The predicted molar refractivity (Wildman–Crippen MR) is 149 cm³/mol. The number of aromatic nitrogens is 2. The van der Waals surface area contributed by atoms with Crippen molar-refractivity contribution in [2.24, 2.45) is 0 Å². The summed E-state index contributed by atoms with van der Waals surface area (Å²) in [5.41, 5.74) is 1.90. The van der Waals surface area contributed by atoms with E-state index in [1.165, 1.54) is 6.07 Å². The zero-order valence-electron chi connectivity index (χ0n) is 21.5. The second kappa shape index (κ2) is 10.6. The molecule has 14 heteroatoms. The van der Waals surface area contributed by atoms with Gasteiger partial charge in [0.25, 0.3) is 0 Å². The molecule has 6 rings (SSSR count). The molecule has 0 spiro atoms. The molecule has 0 bridgehead atoms. The molecule has 1 N–H and O–H groups in total. The van der Waals surface area contributed by atoms with Crippen molar-refractivity contribution in [3.63, 3.8) is 0 Å². The van der Waals surface area contributed by atoms with Gasteiger partial charge in [0.05, 0.1) is 20.3 Å². The molecule has 2 aromatic heterocycles. The van der Waals surface area contributed by atoms with E-state index in [2.05, 4.69) is 19.8 Å². The number of carboxylic acid groups (broad SMARTS) is 1. The van der Waals surface area contributed by atoms with Crippen LogP contribution in [0.5, 0.6) is 5.75 Å². The Morgan fingerprint density at radius 3 is 2.59 bits per heavy atom. The van der Waals surface area contributed by atoms with E-state index in [4.69, 9.17) is 27.7 Å². The maximum absolute atomic E-state index is 13.1. The summed E-state index contributed by atoms with van der Waals surface area (Å²) in [5, 5.41) is 15.2. The molecule has 1 unspecified atom stereocenters. The second-order valence-electron chi connectivity index (χ2n) is 10.2. The van der Waals surface area contributed by atoms with E-state index in [-0.39, 0.29) is 17.1 Å². The van der Waals surface area contributed by atoms with Crippen molar-refractivity contribution in [3.8, 4) is 17.0 Å². The number of benzene rings is 2. The Morgan fingerprint density at radius 1 is 1.22 bits per heavy atom. The number of carbonyl (C=O) groups is 1. The van der Waals surface area contributed by atoms with Crippen molar-refractivity contribution >= 4 is 55.9 Å². The van der Waals surface area contributed by atoms with Gasteiger partial charge < -0.3 is 19.3 Å². The van der Waals surface area contributed by atoms with E-state index in [1.807, 2.05) is 11.8 Å². The van der Waals surface area contributed by atoms with Crippen LogP contribution in [0.4, 0.5) is 18.3 Å².